The third-order valence-corrected chi connectivity index (χ3v) is 6.95. The average molecular weight is 563 g/mol. The van der Waals surface area contributed by atoms with E-state index in [9.17, 15) is 37.5 Å². The highest BCUT2D eigenvalue weighted by atomic mass is 35.5. The summed E-state index contributed by atoms with van der Waals surface area (Å²) in [6.07, 6.45) is -4.24. The molecule has 2 aromatic rings. The van der Waals surface area contributed by atoms with Crippen molar-refractivity contribution in [3.63, 3.8) is 0 Å². The maximum atomic E-state index is 13.7. The molecule has 1 aliphatic carbocycles. The molecule has 2 aliphatic heterocycles. The molecular weight excluding hydrogens is 545 g/mol. The number of anilines is 1. The van der Waals surface area contributed by atoms with Crippen molar-refractivity contribution in [1.82, 2.24) is 9.99 Å². The number of benzene rings is 1. The van der Waals surface area contributed by atoms with Crippen LogP contribution in [0.5, 0.6) is 0 Å². The molecule has 1 aromatic carbocycles. The van der Waals surface area contributed by atoms with E-state index in [0.29, 0.717) is 17.3 Å². The molecule has 0 spiro atoms. The zero-order valence-corrected chi connectivity index (χ0v) is 20.9. The summed E-state index contributed by atoms with van der Waals surface area (Å²) in [4.78, 5) is 61.2. The van der Waals surface area contributed by atoms with Crippen molar-refractivity contribution in [3.05, 3.63) is 63.8 Å². The second kappa shape index (κ2) is 9.19. The Kier molecular flexibility index (Phi) is 6.21. The van der Waals surface area contributed by atoms with Crippen LogP contribution in [0.4, 0.5) is 19.0 Å². The van der Waals surface area contributed by atoms with Crippen LogP contribution in [0, 0.1) is 11.8 Å². The first-order chi connectivity index (χ1) is 18.4. The fourth-order valence-electron chi connectivity index (χ4n) is 4.96. The van der Waals surface area contributed by atoms with Gasteiger partial charge >= 0.3 is 12.1 Å². The Morgan fingerprint density at radius 2 is 1.85 bits per heavy atom. The first kappa shape index (κ1) is 26.4. The zero-order valence-electron chi connectivity index (χ0n) is 20.2. The summed E-state index contributed by atoms with van der Waals surface area (Å²) < 4.78 is 44.3. The molecule has 3 aliphatic rings. The van der Waals surface area contributed by atoms with Crippen molar-refractivity contribution in [2.45, 2.75) is 19.1 Å². The molecule has 3 heterocycles. The number of nitrogens with zero attached hydrogens (tertiary/aromatic N) is 4. The molecule has 2 amide bonds. The number of pyridine rings is 1. The number of aliphatic hydroxyl groups excluding tert-OH is 1. The second-order valence-electron chi connectivity index (χ2n) is 8.85. The van der Waals surface area contributed by atoms with Gasteiger partial charge < -0.3 is 9.84 Å². The lowest BCUT2D eigenvalue weighted by molar-refractivity contribution is -0.149. The number of aliphatic imine (C=N–C) groups is 1. The number of alkyl halides is 3. The lowest BCUT2D eigenvalue weighted by atomic mass is 9.85. The molecular formula is C25H18ClF3N4O6. The molecule has 0 bridgehead atoms. The highest BCUT2D eigenvalue weighted by molar-refractivity contribution is 6.40. The lowest BCUT2D eigenvalue weighted by Gasteiger charge is -2.29. The number of aliphatic hydroxyl groups is 1. The maximum Gasteiger partial charge on any atom is 0.417 e. The van der Waals surface area contributed by atoms with Crippen molar-refractivity contribution >= 4 is 52.5 Å². The normalized spacial score (nSPS) is 22.3. The van der Waals surface area contributed by atoms with Crippen LogP contribution in [0.1, 0.15) is 28.4 Å². The molecule has 0 saturated carbocycles. The van der Waals surface area contributed by atoms with E-state index in [4.69, 9.17) is 16.3 Å². The third kappa shape index (κ3) is 3.95. The number of carbonyl (C=O) groups excluding carboxylic acids is 4. The van der Waals surface area contributed by atoms with Crippen molar-refractivity contribution < 1.29 is 42.2 Å². The minimum atomic E-state index is -4.73. The van der Waals surface area contributed by atoms with E-state index in [1.165, 1.54) is 26.1 Å². The van der Waals surface area contributed by atoms with Crippen molar-refractivity contribution in [2.24, 2.45) is 16.8 Å². The van der Waals surface area contributed by atoms with E-state index < -0.39 is 64.0 Å². The van der Waals surface area contributed by atoms with Crippen LogP contribution in [0.15, 0.2) is 47.1 Å². The number of hydrogen-bond acceptors (Lipinski definition) is 9. The molecule has 0 unspecified atom stereocenters. The number of ether oxygens (including phenoxy) is 1. The fraction of sp³-hybridized carbons (Fsp3) is 0.280. The van der Waals surface area contributed by atoms with Gasteiger partial charge in [-0.25, -0.2) is 9.78 Å². The van der Waals surface area contributed by atoms with E-state index in [-0.39, 0.29) is 34.8 Å². The standard InChI is InChI=1S/C25H18ClF3N4O6/c1-3-39-24(38)18-15-14(17(31-18)16-19(34)11-6-4-5-7-12(11)20(16)35)22(36)33(23(15)37)32(2)21-13(26)8-10(9-30-21)25(27,28)29/h4-9,14-15,18,34H,3H2,1-2H3/t14-,15-,18-/m0/s1. The molecule has 10 nitrogen and oxygen atoms in total. The molecule has 202 valence electrons. The Bertz CT molecular complexity index is 1520. The van der Waals surface area contributed by atoms with E-state index in [1.54, 1.807) is 12.1 Å². The lowest BCUT2D eigenvalue weighted by Crippen LogP contribution is -2.47. The van der Waals surface area contributed by atoms with Crippen LogP contribution in [0.25, 0.3) is 5.76 Å². The summed E-state index contributed by atoms with van der Waals surface area (Å²) in [6, 6.07) is 5.20. The molecule has 3 atom stereocenters. The SMILES string of the molecule is CCOC(=O)[C@H]1N=C(C2=C(O)c3ccccc3C2=O)[C@H]2C(=O)N(N(C)c3ncc(C(F)(F)F)cc3Cl)C(=O)[C@@H]21. The van der Waals surface area contributed by atoms with Gasteiger partial charge in [0.1, 0.15) is 5.76 Å². The molecule has 5 rings (SSSR count). The van der Waals surface area contributed by atoms with Crippen molar-refractivity contribution in [3.8, 4) is 0 Å². The van der Waals surface area contributed by atoms with Gasteiger partial charge in [-0.2, -0.15) is 18.2 Å². The Hall–Kier alpha value is -4.26. The summed E-state index contributed by atoms with van der Waals surface area (Å²) in [6.45, 7) is 1.47. The van der Waals surface area contributed by atoms with Gasteiger partial charge in [0.15, 0.2) is 17.6 Å². The van der Waals surface area contributed by atoms with Gasteiger partial charge in [0, 0.05) is 24.4 Å². The maximum absolute atomic E-state index is 13.7. The van der Waals surface area contributed by atoms with Crippen molar-refractivity contribution in [2.75, 3.05) is 18.7 Å². The second-order valence-corrected chi connectivity index (χ2v) is 9.26. The van der Waals surface area contributed by atoms with E-state index in [2.05, 4.69) is 9.98 Å². The highest BCUT2D eigenvalue weighted by Gasteiger charge is 2.62. The summed E-state index contributed by atoms with van der Waals surface area (Å²) in [5.74, 6) is -7.19. The smallest absolute Gasteiger partial charge is 0.417 e. The van der Waals surface area contributed by atoms with Crippen LogP contribution in [-0.4, -0.2) is 64.1 Å². The number of halogens is 4. The minimum Gasteiger partial charge on any atom is -0.506 e. The van der Waals surface area contributed by atoms with Gasteiger partial charge in [0.05, 0.1) is 40.3 Å². The number of Topliss-reactive ketones (excluding diaryl/α,β-unsaturated/α-hetero) is 1. The largest absolute Gasteiger partial charge is 0.506 e. The first-order valence-corrected chi connectivity index (χ1v) is 11.9. The molecule has 39 heavy (non-hydrogen) atoms. The molecule has 1 fully saturated rings. The minimum absolute atomic E-state index is 0.0628. The molecule has 1 saturated heterocycles. The predicted molar refractivity (Wildman–Crippen MR) is 130 cm³/mol. The third-order valence-electron chi connectivity index (χ3n) is 6.67. The van der Waals surface area contributed by atoms with Gasteiger partial charge in [0.25, 0.3) is 11.8 Å². The Morgan fingerprint density at radius 3 is 2.44 bits per heavy atom. The van der Waals surface area contributed by atoms with Crippen LogP contribution < -0.4 is 5.01 Å². The number of hydrazine groups is 1. The van der Waals surface area contributed by atoms with Crippen LogP contribution in [0.2, 0.25) is 5.02 Å². The monoisotopic (exact) mass is 562 g/mol. The average Bonchev–Trinajstić information content (AvgIpc) is 3.47. The summed E-state index contributed by atoms with van der Waals surface area (Å²) in [5, 5.41) is 11.8. The number of allylic oxidation sites excluding steroid dienone is 1. The van der Waals surface area contributed by atoms with E-state index in [1.807, 2.05) is 0 Å². The zero-order chi connectivity index (χ0) is 28.4. The molecule has 0 radical (unpaired) electrons. The number of hydrogen-bond donors (Lipinski definition) is 1. The topological polar surface area (TPSA) is 129 Å². The van der Waals surface area contributed by atoms with Crippen molar-refractivity contribution in [1.29, 1.82) is 0 Å². The predicted octanol–water partition coefficient (Wildman–Crippen LogP) is 3.26. The Labute approximate surface area is 223 Å². The molecule has 1 N–H and O–H groups in total. The summed E-state index contributed by atoms with van der Waals surface area (Å²) >= 11 is 6.03. The van der Waals surface area contributed by atoms with E-state index >= 15 is 0 Å². The summed E-state index contributed by atoms with van der Waals surface area (Å²) in [7, 11) is 1.18. The highest BCUT2D eigenvalue weighted by Crippen LogP contribution is 2.44. The van der Waals surface area contributed by atoms with Gasteiger partial charge in [-0.1, -0.05) is 35.9 Å². The van der Waals surface area contributed by atoms with Gasteiger partial charge in [-0.3, -0.25) is 24.4 Å². The first-order valence-electron chi connectivity index (χ1n) is 11.5. The van der Waals surface area contributed by atoms with Gasteiger partial charge in [-0.15, -0.1) is 0 Å². The van der Waals surface area contributed by atoms with Crippen LogP contribution in [-0.2, 0) is 25.3 Å². The molecule has 14 heteroatoms. The molecule has 1 aromatic heterocycles. The Balaban J connectivity index is 1.57. The number of fused-ring (bicyclic) bond motifs is 2. The van der Waals surface area contributed by atoms with Crippen LogP contribution >= 0.6 is 11.6 Å². The summed E-state index contributed by atoms with van der Waals surface area (Å²) in [5.41, 5.74) is -1.39. The number of aromatic nitrogens is 1. The number of rotatable bonds is 5. The number of amides is 2. The number of carbonyl (C=O) groups is 4. The van der Waals surface area contributed by atoms with E-state index in [0.717, 1.165) is 5.01 Å². The Morgan fingerprint density at radius 1 is 1.18 bits per heavy atom. The van der Waals surface area contributed by atoms with Gasteiger partial charge in [0.2, 0.25) is 0 Å². The van der Waals surface area contributed by atoms with Crippen LogP contribution in [0.3, 0.4) is 0 Å². The number of ketones is 1. The quantitative estimate of drug-likeness (QED) is 0.434. The number of imide groups is 1. The van der Waals surface area contributed by atoms with Gasteiger partial charge in [-0.05, 0) is 13.0 Å². The fourth-order valence-corrected chi connectivity index (χ4v) is 5.24. The number of esters is 1.